The molecular formula is C13H12N4. The lowest BCUT2D eigenvalue weighted by molar-refractivity contribution is 1.32. The molecule has 0 aliphatic carbocycles. The number of aromatic amines is 1. The fourth-order valence-electron chi connectivity index (χ4n) is 1.96. The Morgan fingerprint density at radius 1 is 1.24 bits per heavy atom. The second-order valence-corrected chi connectivity index (χ2v) is 4.06. The highest BCUT2D eigenvalue weighted by atomic mass is 14.9. The standard InChI is InChI=1S/C13H12N4/c1-8-3-2-4-9(5-8)12-13-10(15-7-16-13)6-11(14)17-12/h2-7H,1H3,(H2,14,17)(H,15,16). The molecule has 0 atom stereocenters. The van der Waals surface area contributed by atoms with Crippen molar-refractivity contribution in [2.45, 2.75) is 6.92 Å². The van der Waals surface area contributed by atoms with Gasteiger partial charge >= 0.3 is 0 Å². The monoisotopic (exact) mass is 224 g/mol. The van der Waals surface area contributed by atoms with E-state index in [4.69, 9.17) is 5.73 Å². The second-order valence-electron chi connectivity index (χ2n) is 4.06. The van der Waals surface area contributed by atoms with Gasteiger partial charge in [-0.2, -0.15) is 0 Å². The van der Waals surface area contributed by atoms with Gasteiger partial charge < -0.3 is 10.7 Å². The van der Waals surface area contributed by atoms with Crippen LogP contribution in [0.3, 0.4) is 0 Å². The van der Waals surface area contributed by atoms with E-state index in [2.05, 4.69) is 34.0 Å². The van der Waals surface area contributed by atoms with E-state index in [1.54, 1.807) is 12.4 Å². The molecule has 0 radical (unpaired) electrons. The number of fused-ring (bicyclic) bond motifs is 1. The minimum atomic E-state index is 0.498. The fraction of sp³-hybridized carbons (Fsp3) is 0.0769. The molecule has 0 bridgehead atoms. The topological polar surface area (TPSA) is 67.6 Å². The molecule has 84 valence electrons. The first kappa shape index (κ1) is 9.84. The van der Waals surface area contributed by atoms with Crippen LogP contribution in [0.4, 0.5) is 5.82 Å². The number of nitrogens with one attached hydrogen (secondary N) is 1. The summed E-state index contributed by atoms with van der Waals surface area (Å²) in [6, 6.07) is 9.95. The van der Waals surface area contributed by atoms with E-state index in [0.717, 1.165) is 22.3 Å². The first-order chi connectivity index (χ1) is 8.24. The largest absolute Gasteiger partial charge is 0.384 e. The van der Waals surface area contributed by atoms with Crippen molar-refractivity contribution < 1.29 is 0 Å². The quantitative estimate of drug-likeness (QED) is 0.667. The normalized spacial score (nSPS) is 10.9. The summed E-state index contributed by atoms with van der Waals surface area (Å²) in [5, 5.41) is 0. The highest BCUT2D eigenvalue weighted by Crippen LogP contribution is 2.26. The van der Waals surface area contributed by atoms with Crippen LogP contribution in [-0.4, -0.2) is 15.0 Å². The number of hydrogen-bond acceptors (Lipinski definition) is 3. The first-order valence-electron chi connectivity index (χ1n) is 5.41. The summed E-state index contributed by atoms with van der Waals surface area (Å²) >= 11 is 0. The van der Waals surface area contributed by atoms with Gasteiger partial charge in [-0.3, -0.25) is 0 Å². The van der Waals surface area contributed by atoms with Crippen molar-refractivity contribution >= 4 is 16.9 Å². The second kappa shape index (κ2) is 3.59. The van der Waals surface area contributed by atoms with E-state index in [1.165, 1.54) is 5.56 Å². The molecule has 17 heavy (non-hydrogen) atoms. The lowest BCUT2D eigenvalue weighted by atomic mass is 10.1. The van der Waals surface area contributed by atoms with E-state index < -0.39 is 0 Å². The summed E-state index contributed by atoms with van der Waals surface area (Å²) < 4.78 is 0. The zero-order valence-electron chi connectivity index (χ0n) is 9.44. The number of nitrogens with two attached hydrogens (primary N) is 1. The lowest BCUT2D eigenvalue weighted by Gasteiger charge is -2.04. The average molecular weight is 224 g/mol. The SMILES string of the molecule is Cc1cccc(-c2nc(N)cc3[nH]cnc23)c1. The van der Waals surface area contributed by atoms with Crippen LogP contribution in [0.15, 0.2) is 36.7 Å². The maximum atomic E-state index is 5.80. The van der Waals surface area contributed by atoms with Crippen LogP contribution in [0.25, 0.3) is 22.3 Å². The van der Waals surface area contributed by atoms with Crippen molar-refractivity contribution in [2.24, 2.45) is 0 Å². The third-order valence-corrected chi connectivity index (χ3v) is 2.72. The van der Waals surface area contributed by atoms with Crippen molar-refractivity contribution in [3.63, 3.8) is 0 Å². The number of nitrogens with zero attached hydrogens (tertiary/aromatic N) is 2. The van der Waals surface area contributed by atoms with E-state index in [1.807, 2.05) is 12.1 Å². The van der Waals surface area contributed by atoms with Crippen molar-refractivity contribution in [1.82, 2.24) is 15.0 Å². The number of pyridine rings is 1. The highest BCUT2D eigenvalue weighted by Gasteiger charge is 2.09. The Morgan fingerprint density at radius 3 is 2.94 bits per heavy atom. The molecule has 2 aromatic heterocycles. The zero-order chi connectivity index (χ0) is 11.8. The third-order valence-electron chi connectivity index (χ3n) is 2.72. The summed E-state index contributed by atoms with van der Waals surface area (Å²) in [5.41, 5.74) is 10.6. The molecule has 0 spiro atoms. The molecule has 4 nitrogen and oxygen atoms in total. The number of aromatic nitrogens is 3. The first-order valence-corrected chi connectivity index (χ1v) is 5.41. The Kier molecular flexibility index (Phi) is 2.08. The summed E-state index contributed by atoms with van der Waals surface area (Å²) in [6.45, 7) is 2.05. The number of anilines is 1. The van der Waals surface area contributed by atoms with Crippen LogP contribution < -0.4 is 5.73 Å². The molecule has 2 heterocycles. The predicted molar refractivity (Wildman–Crippen MR) is 68.5 cm³/mol. The molecule has 3 N–H and O–H groups in total. The average Bonchev–Trinajstić information content (AvgIpc) is 2.75. The van der Waals surface area contributed by atoms with E-state index in [-0.39, 0.29) is 0 Å². The maximum Gasteiger partial charge on any atom is 0.126 e. The van der Waals surface area contributed by atoms with Crippen molar-refractivity contribution in [3.05, 3.63) is 42.2 Å². The molecule has 0 fully saturated rings. The Hall–Kier alpha value is -2.36. The number of nitrogen functional groups attached to an aromatic ring is 1. The van der Waals surface area contributed by atoms with Crippen LogP contribution in [0, 0.1) is 6.92 Å². The van der Waals surface area contributed by atoms with Gasteiger partial charge in [0.2, 0.25) is 0 Å². The smallest absolute Gasteiger partial charge is 0.126 e. The van der Waals surface area contributed by atoms with Gasteiger partial charge in [-0.05, 0) is 13.0 Å². The molecule has 0 aliphatic heterocycles. The Labute approximate surface area is 98.5 Å². The Bertz CT molecular complexity index is 685. The number of benzene rings is 1. The molecule has 1 aromatic carbocycles. The molecule has 0 aliphatic rings. The van der Waals surface area contributed by atoms with Gasteiger partial charge in [0.25, 0.3) is 0 Å². The van der Waals surface area contributed by atoms with Crippen molar-refractivity contribution in [1.29, 1.82) is 0 Å². The van der Waals surface area contributed by atoms with Crippen LogP contribution in [0.5, 0.6) is 0 Å². The minimum absolute atomic E-state index is 0.498. The number of imidazole rings is 1. The number of H-pyrrole nitrogens is 1. The molecule has 4 heteroatoms. The lowest BCUT2D eigenvalue weighted by Crippen LogP contribution is -1.94. The van der Waals surface area contributed by atoms with Gasteiger partial charge in [0.15, 0.2) is 0 Å². The zero-order valence-corrected chi connectivity index (χ0v) is 9.44. The van der Waals surface area contributed by atoms with Crippen LogP contribution >= 0.6 is 0 Å². The third kappa shape index (κ3) is 1.63. The van der Waals surface area contributed by atoms with Gasteiger partial charge in [0.1, 0.15) is 17.0 Å². The number of hydrogen-bond donors (Lipinski definition) is 2. The summed E-state index contributed by atoms with van der Waals surface area (Å²) in [7, 11) is 0. The molecule has 0 unspecified atom stereocenters. The van der Waals surface area contributed by atoms with Gasteiger partial charge in [-0.15, -0.1) is 0 Å². The van der Waals surface area contributed by atoms with Crippen LogP contribution in [0.2, 0.25) is 0 Å². The molecular weight excluding hydrogens is 212 g/mol. The highest BCUT2D eigenvalue weighted by molar-refractivity contribution is 5.90. The predicted octanol–water partition coefficient (Wildman–Crippen LogP) is 2.52. The molecule has 0 saturated heterocycles. The van der Waals surface area contributed by atoms with Crippen molar-refractivity contribution in [3.8, 4) is 11.3 Å². The fourth-order valence-corrected chi connectivity index (χ4v) is 1.96. The molecule has 3 rings (SSSR count). The van der Waals surface area contributed by atoms with E-state index in [9.17, 15) is 0 Å². The number of aryl methyl sites for hydroxylation is 1. The van der Waals surface area contributed by atoms with E-state index in [0.29, 0.717) is 5.82 Å². The van der Waals surface area contributed by atoms with Crippen LogP contribution in [0.1, 0.15) is 5.56 Å². The van der Waals surface area contributed by atoms with Gasteiger partial charge in [-0.1, -0.05) is 23.8 Å². The van der Waals surface area contributed by atoms with Gasteiger partial charge in [0.05, 0.1) is 11.8 Å². The Balaban J connectivity index is 2.32. The summed E-state index contributed by atoms with van der Waals surface area (Å²) in [4.78, 5) is 11.7. The van der Waals surface area contributed by atoms with E-state index >= 15 is 0 Å². The molecule has 0 saturated carbocycles. The van der Waals surface area contributed by atoms with Crippen LogP contribution in [-0.2, 0) is 0 Å². The summed E-state index contributed by atoms with van der Waals surface area (Å²) in [5.74, 6) is 0.498. The maximum absolute atomic E-state index is 5.80. The number of rotatable bonds is 1. The van der Waals surface area contributed by atoms with Gasteiger partial charge in [0, 0.05) is 11.6 Å². The molecule has 0 amide bonds. The van der Waals surface area contributed by atoms with Gasteiger partial charge in [-0.25, -0.2) is 9.97 Å². The van der Waals surface area contributed by atoms with Crippen molar-refractivity contribution in [2.75, 3.05) is 5.73 Å². The summed E-state index contributed by atoms with van der Waals surface area (Å²) in [6.07, 6.45) is 1.66. The molecule has 3 aromatic rings. The minimum Gasteiger partial charge on any atom is -0.384 e. The Morgan fingerprint density at radius 2 is 2.12 bits per heavy atom.